The van der Waals surface area contributed by atoms with Gasteiger partial charge in [-0.25, -0.2) is 9.59 Å². The number of nitrogens with one attached hydrogen (secondary N) is 2. The van der Waals surface area contributed by atoms with Gasteiger partial charge in [0, 0.05) is 19.1 Å². The fraction of sp³-hybridized carbons (Fsp3) is 0.867. The van der Waals surface area contributed by atoms with Crippen molar-refractivity contribution in [2.24, 2.45) is 5.92 Å². The second kappa shape index (κ2) is 8.87. The molecule has 0 aromatic carbocycles. The summed E-state index contributed by atoms with van der Waals surface area (Å²) in [5.41, 5.74) is 0. The molecule has 1 heterocycles. The van der Waals surface area contributed by atoms with Gasteiger partial charge < -0.3 is 20.6 Å². The number of amides is 2. The molecule has 0 aliphatic carbocycles. The third-order valence-electron chi connectivity index (χ3n) is 4.07. The highest BCUT2D eigenvalue weighted by molar-refractivity contribution is 5.82. The van der Waals surface area contributed by atoms with Crippen LogP contribution < -0.4 is 10.6 Å². The van der Waals surface area contributed by atoms with Gasteiger partial charge >= 0.3 is 12.0 Å². The van der Waals surface area contributed by atoms with Crippen molar-refractivity contribution >= 4 is 12.0 Å². The van der Waals surface area contributed by atoms with Gasteiger partial charge in [-0.3, -0.25) is 0 Å². The van der Waals surface area contributed by atoms with Crippen LogP contribution in [-0.4, -0.2) is 53.7 Å². The molecule has 3 N–H and O–H groups in total. The summed E-state index contributed by atoms with van der Waals surface area (Å²) >= 11 is 0. The maximum absolute atomic E-state index is 11.7. The predicted molar refractivity (Wildman–Crippen MR) is 82.3 cm³/mol. The lowest BCUT2D eigenvalue weighted by atomic mass is 10.0. The minimum Gasteiger partial charge on any atom is -0.480 e. The van der Waals surface area contributed by atoms with Gasteiger partial charge in [0.2, 0.25) is 0 Å². The zero-order valence-electron chi connectivity index (χ0n) is 13.4. The van der Waals surface area contributed by atoms with Crippen molar-refractivity contribution < 1.29 is 14.7 Å². The summed E-state index contributed by atoms with van der Waals surface area (Å²) in [5.74, 6) is -1.13. The van der Waals surface area contributed by atoms with Gasteiger partial charge in [0.05, 0.1) is 0 Å². The molecule has 0 aromatic rings. The Balaban J connectivity index is 2.19. The largest absolute Gasteiger partial charge is 0.480 e. The number of hydrogen-bond donors (Lipinski definition) is 3. The second-order valence-corrected chi connectivity index (χ2v) is 6.19. The third-order valence-corrected chi connectivity index (χ3v) is 4.07. The fourth-order valence-electron chi connectivity index (χ4n) is 2.68. The summed E-state index contributed by atoms with van der Waals surface area (Å²) in [7, 11) is 0. The van der Waals surface area contributed by atoms with E-state index in [1.165, 1.54) is 19.3 Å². The first-order valence-electron chi connectivity index (χ1n) is 7.93. The van der Waals surface area contributed by atoms with Crippen LogP contribution in [0.5, 0.6) is 0 Å². The van der Waals surface area contributed by atoms with E-state index in [0.717, 1.165) is 19.5 Å². The number of carbonyl (C=O) groups is 2. The lowest BCUT2D eigenvalue weighted by Crippen LogP contribution is -2.49. The van der Waals surface area contributed by atoms with Crippen LogP contribution in [-0.2, 0) is 4.79 Å². The first kappa shape index (κ1) is 17.8. The van der Waals surface area contributed by atoms with Crippen LogP contribution >= 0.6 is 0 Å². The summed E-state index contributed by atoms with van der Waals surface area (Å²) in [6.07, 6.45) is 4.71. The summed E-state index contributed by atoms with van der Waals surface area (Å²) in [5, 5.41) is 14.3. The van der Waals surface area contributed by atoms with E-state index in [2.05, 4.69) is 22.5 Å². The minimum absolute atomic E-state index is 0.137. The Morgan fingerprint density at radius 1 is 1.33 bits per heavy atom. The summed E-state index contributed by atoms with van der Waals surface area (Å²) in [4.78, 5) is 25.1. The van der Waals surface area contributed by atoms with Crippen molar-refractivity contribution in [3.8, 4) is 0 Å². The summed E-state index contributed by atoms with van der Waals surface area (Å²) in [6.45, 7) is 8.49. The number of carboxylic acid groups (broad SMARTS) is 1. The molecule has 1 aliphatic heterocycles. The number of hydrogen-bond acceptors (Lipinski definition) is 3. The molecule has 1 unspecified atom stereocenters. The van der Waals surface area contributed by atoms with E-state index in [1.54, 1.807) is 13.8 Å². The molecule has 0 bridgehead atoms. The van der Waals surface area contributed by atoms with Crippen molar-refractivity contribution in [3.05, 3.63) is 0 Å². The van der Waals surface area contributed by atoms with E-state index in [4.69, 9.17) is 5.11 Å². The van der Waals surface area contributed by atoms with Gasteiger partial charge in [0.1, 0.15) is 6.04 Å². The van der Waals surface area contributed by atoms with E-state index in [-0.39, 0.29) is 5.92 Å². The molecule has 1 fully saturated rings. The molecule has 6 heteroatoms. The van der Waals surface area contributed by atoms with E-state index < -0.39 is 18.0 Å². The maximum atomic E-state index is 11.7. The molecule has 122 valence electrons. The van der Waals surface area contributed by atoms with Crippen molar-refractivity contribution in [2.75, 3.05) is 19.6 Å². The molecule has 2 amide bonds. The average molecular weight is 299 g/mol. The molecular weight excluding hydrogens is 270 g/mol. The van der Waals surface area contributed by atoms with Crippen molar-refractivity contribution in [1.82, 2.24) is 15.5 Å². The molecule has 21 heavy (non-hydrogen) atoms. The number of carboxylic acids is 1. The molecule has 0 spiro atoms. The standard InChI is InChI=1S/C15H29N3O3/c1-11(2)13(14(19)20)17-15(21)16-8-6-10-18-9-5-4-7-12(18)3/h11-13H,4-10H2,1-3H3,(H,19,20)(H2,16,17,21)/t12?,13-/m0/s1. The molecule has 2 atom stereocenters. The average Bonchev–Trinajstić information content (AvgIpc) is 2.42. The number of likely N-dealkylation sites (tertiary alicyclic amines) is 1. The first-order valence-corrected chi connectivity index (χ1v) is 7.93. The van der Waals surface area contributed by atoms with Crippen LogP contribution in [0, 0.1) is 5.92 Å². The number of piperidine rings is 1. The van der Waals surface area contributed by atoms with Gasteiger partial charge in [0.25, 0.3) is 0 Å². The number of carbonyl (C=O) groups excluding carboxylic acids is 1. The number of aliphatic carboxylic acids is 1. The topological polar surface area (TPSA) is 81.7 Å². The van der Waals surface area contributed by atoms with Gasteiger partial charge in [-0.1, -0.05) is 20.3 Å². The lowest BCUT2D eigenvalue weighted by molar-refractivity contribution is -0.140. The zero-order chi connectivity index (χ0) is 15.8. The second-order valence-electron chi connectivity index (χ2n) is 6.19. The summed E-state index contributed by atoms with van der Waals surface area (Å²) < 4.78 is 0. The zero-order valence-corrected chi connectivity index (χ0v) is 13.4. The molecule has 6 nitrogen and oxygen atoms in total. The highest BCUT2D eigenvalue weighted by Crippen LogP contribution is 2.15. The predicted octanol–water partition coefficient (Wildman–Crippen LogP) is 1.66. The number of rotatable bonds is 7. The molecule has 1 saturated heterocycles. The number of nitrogens with zero attached hydrogens (tertiary/aromatic N) is 1. The molecule has 1 rings (SSSR count). The van der Waals surface area contributed by atoms with E-state index >= 15 is 0 Å². The van der Waals surface area contributed by atoms with Crippen LogP contribution in [0.15, 0.2) is 0 Å². The van der Waals surface area contributed by atoms with Gasteiger partial charge in [0.15, 0.2) is 0 Å². The Hall–Kier alpha value is -1.30. The Bertz CT molecular complexity index is 347. The first-order chi connectivity index (χ1) is 9.91. The van der Waals surface area contributed by atoms with Crippen molar-refractivity contribution in [2.45, 2.75) is 58.5 Å². The molecule has 1 aliphatic rings. The van der Waals surface area contributed by atoms with Crippen LogP contribution in [0.4, 0.5) is 4.79 Å². The SMILES string of the molecule is CC(C)[C@H](NC(=O)NCCCN1CCCCC1C)C(=O)O. The molecule has 0 saturated carbocycles. The van der Waals surface area contributed by atoms with Gasteiger partial charge in [-0.15, -0.1) is 0 Å². The van der Waals surface area contributed by atoms with E-state index in [1.807, 2.05) is 0 Å². The molecule has 0 radical (unpaired) electrons. The van der Waals surface area contributed by atoms with Crippen LogP contribution in [0.25, 0.3) is 0 Å². The monoisotopic (exact) mass is 299 g/mol. The highest BCUT2D eigenvalue weighted by Gasteiger charge is 2.23. The Morgan fingerprint density at radius 2 is 2.05 bits per heavy atom. The smallest absolute Gasteiger partial charge is 0.326 e. The molecule has 0 aromatic heterocycles. The van der Waals surface area contributed by atoms with Gasteiger partial charge in [-0.2, -0.15) is 0 Å². The summed E-state index contributed by atoms with van der Waals surface area (Å²) in [6, 6.07) is -0.611. The normalized spacial score (nSPS) is 21.0. The van der Waals surface area contributed by atoms with Crippen molar-refractivity contribution in [1.29, 1.82) is 0 Å². The Labute approximate surface area is 127 Å². The van der Waals surface area contributed by atoms with E-state index in [0.29, 0.717) is 12.6 Å². The van der Waals surface area contributed by atoms with Gasteiger partial charge in [-0.05, 0) is 38.6 Å². The molecular formula is C15H29N3O3. The minimum atomic E-state index is -0.998. The van der Waals surface area contributed by atoms with Crippen LogP contribution in [0.1, 0.15) is 46.5 Å². The van der Waals surface area contributed by atoms with Crippen LogP contribution in [0.3, 0.4) is 0 Å². The Kier molecular flexibility index (Phi) is 7.50. The fourth-order valence-corrected chi connectivity index (χ4v) is 2.68. The maximum Gasteiger partial charge on any atom is 0.326 e. The highest BCUT2D eigenvalue weighted by atomic mass is 16.4. The quantitative estimate of drug-likeness (QED) is 0.624. The van der Waals surface area contributed by atoms with E-state index in [9.17, 15) is 9.59 Å². The number of urea groups is 1. The van der Waals surface area contributed by atoms with Crippen molar-refractivity contribution in [3.63, 3.8) is 0 Å². The third kappa shape index (κ3) is 6.33. The Morgan fingerprint density at radius 3 is 2.62 bits per heavy atom. The lowest BCUT2D eigenvalue weighted by Gasteiger charge is -2.33. The van der Waals surface area contributed by atoms with Crippen LogP contribution in [0.2, 0.25) is 0 Å².